The first-order valence-corrected chi connectivity index (χ1v) is 3.62. The van der Waals surface area contributed by atoms with Gasteiger partial charge < -0.3 is 0 Å². The third-order valence-electron chi connectivity index (χ3n) is 1.37. The predicted molar refractivity (Wildman–Crippen MR) is 51.8 cm³/mol. The maximum absolute atomic E-state index is 4.03. The van der Waals surface area contributed by atoms with Gasteiger partial charge in [-0.1, -0.05) is 33.6 Å². The van der Waals surface area contributed by atoms with Gasteiger partial charge in [0.1, 0.15) is 0 Å². The summed E-state index contributed by atoms with van der Waals surface area (Å²) in [5.41, 5.74) is 1.68. The number of nitrogens with zero attached hydrogens (tertiary/aromatic N) is 1. The molecule has 1 nitrogen and oxygen atoms in total. The molecule has 0 aromatic carbocycles. The Morgan fingerprint density at radius 2 is 1.91 bits per heavy atom. The molecule has 0 aliphatic carbocycles. The molecule has 0 aromatic rings. The second-order valence-electron chi connectivity index (χ2n) is 2.68. The van der Waals surface area contributed by atoms with Gasteiger partial charge in [0.2, 0.25) is 0 Å². The van der Waals surface area contributed by atoms with Gasteiger partial charge in [-0.3, -0.25) is 4.99 Å². The van der Waals surface area contributed by atoms with E-state index >= 15 is 0 Å². The first-order valence-electron chi connectivity index (χ1n) is 3.62. The van der Waals surface area contributed by atoms with E-state index in [2.05, 4.69) is 38.6 Å². The molecule has 0 saturated heterocycles. The minimum absolute atomic E-state index is 0.441. The summed E-state index contributed by atoms with van der Waals surface area (Å²) in [6.07, 6.45) is 3.35. The topological polar surface area (TPSA) is 12.4 Å². The highest BCUT2D eigenvalue weighted by Crippen LogP contribution is 2.04. The van der Waals surface area contributed by atoms with E-state index < -0.39 is 0 Å². The van der Waals surface area contributed by atoms with Crippen LogP contribution in [0.4, 0.5) is 0 Å². The summed E-state index contributed by atoms with van der Waals surface area (Å²) >= 11 is 0. The van der Waals surface area contributed by atoms with Crippen LogP contribution in [-0.4, -0.2) is 6.21 Å². The van der Waals surface area contributed by atoms with Crippen molar-refractivity contribution in [2.75, 3.05) is 0 Å². The van der Waals surface area contributed by atoms with E-state index in [4.69, 9.17) is 0 Å². The number of allylic oxidation sites excluding steroid dienone is 2. The number of rotatable bonds is 4. The van der Waals surface area contributed by atoms with Crippen LogP contribution in [0.3, 0.4) is 0 Å². The molecule has 0 heterocycles. The lowest BCUT2D eigenvalue weighted by atomic mass is 10.1. The summed E-state index contributed by atoms with van der Waals surface area (Å²) in [5.74, 6) is 0.441. The predicted octanol–water partition coefficient (Wildman–Crippen LogP) is 2.97. The largest absolute Gasteiger partial charge is 0.257 e. The van der Waals surface area contributed by atoms with Crippen molar-refractivity contribution >= 4 is 6.21 Å². The first kappa shape index (κ1) is 9.89. The quantitative estimate of drug-likeness (QED) is 0.430. The molecule has 0 unspecified atom stereocenters. The molecule has 0 amide bonds. The molecule has 0 fully saturated rings. The first-order chi connectivity index (χ1) is 5.07. The Labute approximate surface area is 68.9 Å². The molecule has 1 heteroatoms. The summed E-state index contributed by atoms with van der Waals surface area (Å²) in [4.78, 5) is 4.03. The second-order valence-corrected chi connectivity index (χ2v) is 2.68. The highest BCUT2D eigenvalue weighted by molar-refractivity contribution is 5.79. The molecule has 0 radical (unpaired) electrons. The second kappa shape index (κ2) is 4.67. The molecular weight excluding hydrogens is 134 g/mol. The molecule has 0 rings (SSSR count). The summed E-state index contributed by atoms with van der Waals surface area (Å²) < 4.78 is 0. The Morgan fingerprint density at radius 3 is 2.27 bits per heavy atom. The van der Waals surface area contributed by atoms with Crippen molar-refractivity contribution in [2.24, 2.45) is 10.9 Å². The van der Waals surface area contributed by atoms with E-state index in [1.54, 1.807) is 12.3 Å². The zero-order valence-corrected chi connectivity index (χ0v) is 7.30. The minimum Gasteiger partial charge on any atom is -0.257 e. The molecular formula is C10H15N. The van der Waals surface area contributed by atoms with Crippen LogP contribution in [0.1, 0.15) is 13.8 Å². The molecule has 60 valence electrons. The highest BCUT2D eigenvalue weighted by Gasteiger charge is 1.94. The summed E-state index contributed by atoms with van der Waals surface area (Å²) in [6, 6.07) is 0. The third kappa shape index (κ3) is 4.31. The molecule has 0 atom stereocenters. The third-order valence-corrected chi connectivity index (χ3v) is 1.37. The molecule has 0 N–H and O–H groups in total. The fourth-order valence-electron chi connectivity index (χ4n) is 0.368. The normalized spacial score (nSPS) is 10.5. The van der Waals surface area contributed by atoms with Crippen LogP contribution in [0.5, 0.6) is 0 Å². The van der Waals surface area contributed by atoms with Crippen LogP contribution in [0.15, 0.2) is 42.1 Å². The molecule has 0 aliphatic rings. The lowest BCUT2D eigenvalue weighted by molar-refractivity contribution is 0.810. The fraction of sp³-hybridized carbons (Fsp3) is 0.300. The van der Waals surface area contributed by atoms with E-state index in [0.29, 0.717) is 11.6 Å². The summed E-state index contributed by atoms with van der Waals surface area (Å²) in [5, 5.41) is 0. The van der Waals surface area contributed by atoms with Crippen LogP contribution >= 0.6 is 0 Å². The Hall–Kier alpha value is -1.11. The summed E-state index contributed by atoms with van der Waals surface area (Å²) in [7, 11) is 0. The zero-order valence-electron chi connectivity index (χ0n) is 7.30. The van der Waals surface area contributed by atoms with Gasteiger partial charge in [0.05, 0.1) is 5.70 Å². The summed E-state index contributed by atoms with van der Waals surface area (Å²) in [6.45, 7) is 15.2. The highest BCUT2D eigenvalue weighted by atomic mass is 14.7. The average Bonchev–Trinajstić information content (AvgIpc) is 1.99. The van der Waals surface area contributed by atoms with E-state index in [1.807, 2.05) is 0 Å². The lowest BCUT2D eigenvalue weighted by Gasteiger charge is -2.01. The fourth-order valence-corrected chi connectivity index (χ4v) is 0.368. The van der Waals surface area contributed by atoms with Crippen molar-refractivity contribution in [3.05, 3.63) is 37.1 Å². The number of aliphatic imine (C=N–C) groups is 1. The van der Waals surface area contributed by atoms with Crippen LogP contribution in [0.2, 0.25) is 0 Å². The Kier molecular flexibility index (Phi) is 4.20. The molecule has 0 bridgehead atoms. The van der Waals surface area contributed by atoms with Crippen molar-refractivity contribution in [2.45, 2.75) is 13.8 Å². The van der Waals surface area contributed by atoms with E-state index in [0.717, 1.165) is 5.57 Å². The number of hydrogen-bond donors (Lipinski definition) is 0. The van der Waals surface area contributed by atoms with Gasteiger partial charge in [-0.25, -0.2) is 0 Å². The van der Waals surface area contributed by atoms with E-state index in [1.165, 1.54) is 0 Å². The van der Waals surface area contributed by atoms with Gasteiger partial charge in [0.15, 0.2) is 0 Å². The van der Waals surface area contributed by atoms with Crippen LogP contribution < -0.4 is 0 Å². The standard InChI is InChI=1S/C10H15N/c1-6-10(5)11-7-9(4)8(2)3/h6-8H,1,4-5H2,2-3H3. The van der Waals surface area contributed by atoms with E-state index in [9.17, 15) is 0 Å². The Morgan fingerprint density at radius 1 is 1.36 bits per heavy atom. The van der Waals surface area contributed by atoms with Gasteiger partial charge in [-0.2, -0.15) is 0 Å². The van der Waals surface area contributed by atoms with Crippen LogP contribution in [-0.2, 0) is 0 Å². The van der Waals surface area contributed by atoms with Crippen molar-refractivity contribution < 1.29 is 0 Å². The maximum atomic E-state index is 4.03. The average molecular weight is 149 g/mol. The van der Waals surface area contributed by atoms with Gasteiger partial charge in [0.25, 0.3) is 0 Å². The zero-order chi connectivity index (χ0) is 8.85. The van der Waals surface area contributed by atoms with Crippen molar-refractivity contribution in [1.82, 2.24) is 0 Å². The van der Waals surface area contributed by atoms with Gasteiger partial charge in [-0.05, 0) is 17.6 Å². The van der Waals surface area contributed by atoms with Crippen LogP contribution in [0, 0.1) is 5.92 Å². The molecule has 0 saturated carbocycles. The monoisotopic (exact) mass is 149 g/mol. The Balaban J connectivity index is 4.03. The lowest BCUT2D eigenvalue weighted by Crippen LogP contribution is -1.92. The SMILES string of the molecule is C=CC(=C)N=CC(=C)C(C)C. The molecule has 0 aliphatic heterocycles. The van der Waals surface area contributed by atoms with Crippen LogP contribution in [0.25, 0.3) is 0 Å². The molecule has 0 spiro atoms. The van der Waals surface area contributed by atoms with Gasteiger partial charge in [-0.15, -0.1) is 0 Å². The van der Waals surface area contributed by atoms with Crippen molar-refractivity contribution in [1.29, 1.82) is 0 Å². The molecule has 0 aromatic heterocycles. The van der Waals surface area contributed by atoms with Gasteiger partial charge >= 0.3 is 0 Å². The minimum atomic E-state index is 0.441. The van der Waals surface area contributed by atoms with Crippen molar-refractivity contribution in [3.63, 3.8) is 0 Å². The smallest absolute Gasteiger partial charge is 0.0552 e. The van der Waals surface area contributed by atoms with Crippen molar-refractivity contribution in [3.8, 4) is 0 Å². The maximum Gasteiger partial charge on any atom is 0.0552 e. The van der Waals surface area contributed by atoms with E-state index in [-0.39, 0.29) is 0 Å². The molecule has 11 heavy (non-hydrogen) atoms. The van der Waals surface area contributed by atoms with Gasteiger partial charge in [0, 0.05) is 6.21 Å². The Bertz CT molecular complexity index is 197. The number of hydrogen-bond acceptors (Lipinski definition) is 1.